The van der Waals surface area contributed by atoms with Crippen molar-refractivity contribution in [2.75, 3.05) is 52.7 Å². The van der Waals surface area contributed by atoms with E-state index in [0.717, 1.165) is 11.9 Å². The number of aromatic nitrogens is 2. The molecule has 3 aromatic rings. The molecule has 1 saturated heterocycles. The lowest BCUT2D eigenvalue weighted by Crippen LogP contribution is -2.53. The fraction of sp³-hybridized carbons (Fsp3) is 0.345. The van der Waals surface area contributed by atoms with E-state index in [1.54, 1.807) is 30.3 Å². The molecule has 0 radical (unpaired) electrons. The van der Waals surface area contributed by atoms with Crippen LogP contribution in [-0.2, 0) is 10.2 Å². The van der Waals surface area contributed by atoms with Gasteiger partial charge in [-0.15, -0.1) is 0 Å². The smallest absolute Gasteiger partial charge is 0.255 e. The molecule has 0 atom stereocenters. The van der Waals surface area contributed by atoms with Crippen LogP contribution in [0.2, 0.25) is 5.02 Å². The van der Waals surface area contributed by atoms with E-state index < -0.39 is 11.2 Å². The number of nitrogens with zero attached hydrogens (tertiary/aromatic N) is 3. The van der Waals surface area contributed by atoms with Crippen molar-refractivity contribution < 1.29 is 18.7 Å². The van der Waals surface area contributed by atoms with Crippen molar-refractivity contribution in [3.8, 4) is 17.0 Å². The number of ether oxygens (including phenoxy) is 1. The summed E-state index contributed by atoms with van der Waals surface area (Å²) in [5.74, 6) is -0.425. The Kier molecular flexibility index (Phi) is 7.82. The molecule has 1 fully saturated rings. The number of rotatable bonds is 7. The molecule has 11 heteroatoms. The van der Waals surface area contributed by atoms with Gasteiger partial charge in [-0.2, -0.15) is 0 Å². The molecule has 1 aromatic carbocycles. The van der Waals surface area contributed by atoms with E-state index in [-0.39, 0.29) is 17.4 Å². The van der Waals surface area contributed by atoms with Crippen LogP contribution in [0.25, 0.3) is 11.3 Å². The van der Waals surface area contributed by atoms with Gasteiger partial charge in [-0.25, -0.2) is 4.39 Å². The number of hydrogen-bond acceptors (Lipinski definition) is 6. The molecule has 40 heavy (non-hydrogen) atoms. The third kappa shape index (κ3) is 5.16. The first-order valence-electron chi connectivity index (χ1n) is 13.1. The number of carbonyl (C=O) groups is 2. The molecule has 2 amide bonds. The van der Waals surface area contributed by atoms with Gasteiger partial charge in [-0.1, -0.05) is 23.7 Å². The number of halogens is 2. The highest BCUT2D eigenvalue weighted by Crippen LogP contribution is 2.47. The number of likely N-dealkylation sites (N-methyl/N-ethyl adjacent to an activating group) is 1. The first-order valence-corrected chi connectivity index (χ1v) is 13.5. The van der Waals surface area contributed by atoms with Crippen LogP contribution >= 0.6 is 11.6 Å². The Bertz CT molecular complexity index is 1460. The molecule has 210 valence electrons. The van der Waals surface area contributed by atoms with Crippen LogP contribution in [0.5, 0.6) is 5.75 Å². The lowest BCUT2D eigenvalue weighted by Gasteiger charge is -2.43. The van der Waals surface area contributed by atoms with Gasteiger partial charge in [0.2, 0.25) is 5.91 Å². The number of nitrogens with one attached hydrogen (secondary N) is 3. The molecule has 0 aliphatic carbocycles. The molecule has 2 aliphatic rings. The molecule has 3 N–H and O–H groups in total. The summed E-state index contributed by atoms with van der Waals surface area (Å²) in [5.41, 5.74) is 2.32. The standard InChI is InChI=1S/C29H32ClFN6O3/c1-36(2)13-5-8-22(38)37-14-10-29(11-15-37)17-33-28(39)23-25(34-21-7-4-6-19(30)26(21)40-3)24(35-27(23)29)18-9-12-32-16-20(18)31/h4-9,12,16,34-35H,10-11,13-15,17H2,1-3H3,(H,33,39). The highest BCUT2D eigenvalue weighted by atomic mass is 35.5. The number of carbonyl (C=O) groups excluding carboxylic acids is 2. The van der Waals surface area contributed by atoms with E-state index in [1.165, 1.54) is 13.3 Å². The van der Waals surface area contributed by atoms with Crippen molar-refractivity contribution in [3.63, 3.8) is 0 Å². The van der Waals surface area contributed by atoms with Crippen LogP contribution in [0.15, 0.2) is 48.8 Å². The Hall–Kier alpha value is -3.89. The molecule has 0 bridgehead atoms. The Balaban J connectivity index is 1.55. The van der Waals surface area contributed by atoms with Crippen molar-refractivity contribution in [3.05, 3.63) is 70.9 Å². The molecule has 4 heterocycles. The zero-order valence-electron chi connectivity index (χ0n) is 22.7. The minimum Gasteiger partial charge on any atom is -0.493 e. The van der Waals surface area contributed by atoms with E-state index in [9.17, 15) is 9.59 Å². The van der Waals surface area contributed by atoms with Gasteiger partial charge in [0.15, 0.2) is 11.6 Å². The van der Waals surface area contributed by atoms with Gasteiger partial charge in [-0.05, 0) is 45.1 Å². The summed E-state index contributed by atoms with van der Waals surface area (Å²) in [6.45, 7) is 2.16. The van der Waals surface area contributed by atoms with E-state index in [2.05, 4.69) is 20.6 Å². The predicted octanol–water partition coefficient (Wildman–Crippen LogP) is 4.34. The molecule has 9 nitrogen and oxygen atoms in total. The molecule has 1 spiro atoms. The van der Waals surface area contributed by atoms with Crippen LogP contribution in [0.3, 0.4) is 0 Å². The van der Waals surface area contributed by atoms with Gasteiger partial charge in [-0.3, -0.25) is 14.6 Å². The number of aromatic amines is 1. The van der Waals surface area contributed by atoms with Crippen molar-refractivity contribution in [1.82, 2.24) is 25.1 Å². The summed E-state index contributed by atoms with van der Waals surface area (Å²) in [5, 5.41) is 6.76. The van der Waals surface area contributed by atoms with Crippen LogP contribution in [0.4, 0.5) is 15.8 Å². The van der Waals surface area contributed by atoms with Crippen LogP contribution in [0.1, 0.15) is 28.9 Å². The number of piperidine rings is 1. The van der Waals surface area contributed by atoms with E-state index in [4.69, 9.17) is 16.3 Å². The topological polar surface area (TPSA) is 103 Å². The zero-order valence-corrected chi connectivity index (χ0v) is 23.4. The van der Waals surface area contributed by atoms with Gasteiger partial charge in [0, 0.05) is 55.1 Å². The van der Waals surface area contributed by atoms with E-state index in [1.807, 2.05) is 30.0 Å². The number of fused-ring (bicyclic) bond motifs is 2. The molecular formula is C29H32ClFN6O3. The Labute approximate surface area is 237 Å². The fourth-order valence-electron chi connectivity index (χ4n) is 5.46. The van der Waals surface area contributed by atoms with Crippen molar-refractivity contribution in [2.24, 2.45) is 0 Å². The second-order valence-corrected chi connectivity index (χ2v) is 10.8. The number of anilines is 2. The highest BCUT2D eigenvalue weighted by Gasteiger charge is 2.46. The summed E-state index contributed by atoms with van der Waals surface area (Å²) in [6, 6.07) is 6.81. The van der Waals surface area contributed by atoms with Crippen LogP contribution in [-0.4, -0.2) is 79.0 Å². The van der Waals surface area contributed by atoms with Gasteiger partial charge in [0.1, 0.15) is 0 Å². The largest absolute Gasteiger partial charge is 0.493 e. The number of likely N-dealkylation sites (tertiary alicyclic amines) is 1. The lowest BCUT2D eigenvalue weighted by molar-refractivity contribution is -0.127. The second-order valence-electron chi connectivity index (χ2n) is 10.4. The van der Waals surface area contributed by atoms with E-state index in [0.29, 0.717) is 72.4 Å². The zero-order chi connectivity index (χ0) is 28.4. The number of H-pyrrole nitrogens is 1. The summed E-state index contributed by atoms with van der Waals surface area (Å²) in [4.78, 5) is 37.3. The molecule has 5 rings (SSSR count). The van der Waals surface area contributed by atoms with Gasteiger partial charge >= 0.3 is 0 Å². The number of para-hydroxylation sites is 1. The van der Waals surface area contributed by atoms with Crippen molar-refractivity contribution in [1.29, 1.82) is 0 Å². The molecular weight excluding hydrogens is 535 g/mol. The summed E-state index contributed by atoms with van der Waals surface area (Å²) >= 11 is 6.37. The highest BCUT2D eigenvalue weighted by molar-refractivity contribution is 6.32. The normalized spacial score (nSPS) is 16.4. The summed E-state index contributed by atoms with van der Waals surface area (Å²) < 4.78 is 20.6. The summed E-state index contributed by atoms with van der Waals surface area (Å²) in [6.07, 6.45) is 7.38. The maximum absolute atomic E-state index is 15.1. The number of amides is 2. The van der Waals surface area contributed by atoms with Crippen molar-refractivity contribution >= 4 is 34.8 Å². The minimum absolute atomic E-state index is 0.0294. The number of pyridine rings is 1. The monoisotopic (exact) mass is 566 g/mol. The maximum atomic E-state index is 15.1. The number of hydrogen-bond donors (Lipinski definition) is 3. The van der Waals surface area contributed by atoms with E-state index >= 15 is 4.39 Å². The average molecular weight is 567 g/mol. The van der Waals surface area contributed by atoms with Gasteiger partial charge in [0.05, 0.1) is 41.0 Å². The van der Waals surface area contributed by atoms with Crippen LogP contribution in [0, 0.1) is 5.82 Å². The molecule has 2 aliphatic heterocycles. The van der Waals surface area contributed by atoms with Gasteiger partial charge < -0.3 is 30.2 Å². The third-order valence-electron chi connectivity index (χ3n) is 7.58. The number of methoxy groups -OCH3 is 1. The quantitative estimate of drug-likeness (QED) is 0.368. The Morgan fingerprint density at radius 1 is 1.30 bits per heavy atom. The number of benzene rings is 1. The minimum atomic E-state index is -0.526. The third-order valence-corrected chi connectivity index (χ3v) is 7.88. The maximum Gasteiger partial charge on any atom is 0.255 e. The lowest BCUT2D eigenvalue weighted by atomic mass is 9.72. The Morgan fingerprint density at radius 2 is 2.08 bits per heavy atom. The molecule has 0 saturated carbocycles. The first kappa shape index (κ1) is 27.7. The van der Waals surface area contributed by atoms with Crippen molar-refractivity contribution in [2.45, 2.75) is 18.3 Å². The molecule has 2 aromatic heterocycles. The van der Waals surface area contributed by atoms with Gasteiger partial charge in [0.25, 0.3) is 5.91 Å². The second kappa shape index (κ2) is 11.3. The average Bonchev–Trinajstić information content (AvgIpc) is 3.32. The molecule has 0 unspecified atom stereocenters. The van der Waals surface area contributed by atoms with Crippen LogP contribution < -0.4 is 15.4 Å². The summed E-state index contributed by atoms with van der Waals surface area (Å²) in [7, 11) is 5.40. The first-order chi connectivity index (χ1) is 19.2. The Morgan fingerprint density at radius 3 is 2.77 bits per heavy atom. The SMILES string of the molecule is COc1c(Cl)cccc1Nc1c(-c2ccncc2F)[nH]c2c1C(=O)NCC21CCN(C(=O)C=CCN(C)C)CC1. The fourth-order valence-corrected chi connectivity index (χ4v) is 5.71. The predicted molar refractivity (Wildman–Crippen MR) is 153 cm³/mol.